The molecule has 0 unspecified atom stereocenters. The van der Waals surface area contributed by atoms with E-state index in [1.807, 2.05) is 17.9 Å². The van der Waals surface area contributed by atoms with Gasteiger partial charge in [0.05, 0.1) is 0 Å². The quantitative estimate of drug-likeness (QED) is 0.765. The van der Waals surface area contributed by atoms with E-state index in [9.17, 15) is 4.79 Å². The first-order valence-corrected chi connectivity index (χ1v) is 6.04. The van der Waals surface area contributed by atoms with E-state index in [0.29, 0.717) is 6.42 Å². The summed E-state index contributed by atoms with van der Waals surface area (Å²) in [5, 5.41) is 0. The normalized spacial score (nSPS) is 16.9. The van der Waals surface area contributed by atoms with Crippen LogP contribution in [0.2, 0.25) is 0 Å². The number of aryl methyl sites for hydroxylation is 1. The number of halogens is 1. The Hall–Kier alpha value is -0.830. The predicted molar refractivity (Wildman–Crippen MR) is 65.1 cm³/mol. The van der Waals surface area contributed by atoms with Crippen molar-refractivity contribution in [1.82, 2.24) is 0 Å². The Labute approximate surface area is 98.4 Å². The van der Waals surface area contributed by atoms with Crippen molar-refractivity contribution in [2.24, 2.45) is 0 Å². The van der Waals surface area contributed by atoms with Gasteiger partial charge in [0.1, 0.15) is 0 Å². The molecule has 1 amide bonds. The van der Waals surface area contributed by atoms with Gasteiger partial charge in [-0.05, 0) is 43.5 Å². The van der Waals surface area contributed by atoms with Crippen molar-refractivity contribution in [3.05, 3.63) is 28.2 Å². The third-order valence-corrected chi connectivity index (χ3v) is 3.12. The summed E-state index contributed by atoms with van der Waals surface area (Å²) < 4.78 is 1.04. The SMILES string of the molecule is Cc1cc(Br)cc(N2CCCCC2=O)c1. The number of rotatable bonds is 1. The number of piperidine rings is 1. The smallest absolute Gasteiger partial charge is 0.226 e. The van der Waals surface area contributed by atoms with Gasteiger partial charge in [-0.15, -0.1) is 0 Å². The van der Waals surface area contributed by atoms with E-state index < -0.39 is 0 Å². The average molecular weight is 268 g/mol. The van der Waals surface area contributed by atoms with Gasteiger partial charge in [0.2, 0.25) is 5.91 Å². The zero-order chi connectivity index (χ0) is 10.8. The maximum Gasteiger partial charge on any atom is 0.226 e. The highest BCUT2D eigenvalue weighted by Gasteiger charge is 2.19. The molecule has 1 heterocycles. The number of amides is 1. The molecule has 0 aromatic heterocycles. The van der Waals surface area contributed by atoms with Gasteiger partial charge in [-0.25, -0.2) is 0 Å². The zero-order valence-corrected chi connectivity index (χ0v) is 10.4. The summed E-state index contributed by atoms with van der Waals surface area (Å²) in [5.74, 6) is 0.249. The first kappa shape index (κ1) is 10.7. The molecule has 0 N–H and O–H groups in total. The van der Waals surface area contributed by atoms with Crippen molar-refractivity contribution in [3.8, 4) is 0 Å². The van der Waals surface area contributed by atoms with E-state index in [4.69, 9.17) is 0 Å². The minimum Gasteiger partial charge on any atom is -0.312 e. The molecular weight excluding hydrogens is 254 g/mol. The van der Waals surface area contributed by atoms with Crippen LogP contribution in [0.3, 0.4) is 0 Å². The molecule has 0 aliphatic carbocycles. The Morgan fingerprint density at radius 1 is 1.27 bits per heavy atom. The van der Waals surface area contributed by atoms with Crippen LogP contribution in [0.15, 0.2) is 22.7 Å². The van der Waals surface area contributed by atoms with Gasteiger partial charge in [0, 0.05) is 23.1 Å². The van der Waals surface area contributed by atoms with Crippen molar-refractivity contribution >= 4 is 27.5 Å². The summed E-state index contributed by atoms with van der Waals surface area (Å²) in [5.41, 5.74) is 2.20. The minimum atomic E-state index is 0.249. The Kier molecular flexibility index (Phi) is 3.10. The molecular formula is C12H14BrNO. The van der Waals surface area contributed by atoms with Gasteiger partial charge in [0.25, 0.3) is 0 Å². The fraction of sp³-hybridized carbons (Fsp3) is 0.417. The molecule has 1 saturated heterocycles. The second-order valence-corrected chi connectivity index (χ2v) is 4.90. The molecule has 1 aromatic rings. The molecule has 15 heavy (non-hydrogen) atoms. The van der Waals surface area contributed by atoms with Crippen LogP contribution >= 0.6 is 15.9 Å². The van der Waals surface area contributed by atoms with Crippen LogP contribution in [0, 0.1) is 6.92 Å². The summed E-state index contributed by atoms with van der Waals surface area (Å²) in [6.07, 6.45) is 2.82. The molecule has 0 saturated carbocycles. The predicted octanol–water partition coefficient (Wildman–Crippen LogP) is 3.27. The highest BCUT2D eigenvalue weighted by Crippen LogP contribution is 2.25. The van der Waals surface area contributed by atoms with Gasteiger partial charge >= 0.3 is 0 Å². The van der Waals surface area contributed by atoms with Crippen LogP contribution < -0.4 is 4.90 Å². The van der Waals surface area contributed by atoms with E-state index >= 15 is 0 Å². The lowest BCUT2D eigenvalue weighted by Gasteiger charge is -2.27. The molecule has 0 bridgehead atoms. The van der Waals surface area contributed by atoms with E-state index in [0.717, 1.165) is 29.5 Å². The molecule has 2 nitrogen and oxygen atoms in total. The number of benzene rings is 1. The van der Waals surface area contributed by atoms with Crippen LogP contribution in [0.5, 0.6) is 0 Å². The third-order valence-electron chi connectivity index (χ3n) is 2.66. The van der Waals surface area contributed by atoms with E-state index in [-0.39, 0.29) is 5.91 Å². The monoisotopic (exact) mass is 267 g/mol. The highest BCUT2D eigenvalue weighted by molar-refractivity contribution is 9.10. The first-order chi connectivity index (χ1) is 7.16. The van der Waals surface area contributed by atoms with Crippen molar-refractivity contribution in [2.75, 3.05) is 11.4 Å². The Morgan fingerprint density at radius 3 is 2.73 bits per heavy atom. The summed E-state index contributed by atoms with van der Waals surface area (Å²) in [6.45, 7) is 2.90. The molecule has 1 aliphatic rings. The van der Waals surface area contributed by atoms with Crippen LogP contribution in [0.1, 0.15) is 24.8 Å². The zero-order valence-electron chi connectivity index (χ0n) is 8.79. The van der Waals surface area contributed by atoms with Gasteiger partial charge in [-0.1, -0.05) is 15.9 Å². The van der Waals surface area contributed by atoms with E-state index in [1.54, 1.807) is 0 Å². The summed E-state index contributed by atoms with van der Waals surface area (Å²) >= 11 is 3.46. The van der Waals surface area contributed by atoms with Crippen molar-refractivity contribution in [1.29, 1.82) is 0 Å². The van der Waals surface area contributed by atoms with Crippen LogP contribution in [-0.4, -0.2) is 12.5 Å². The lowest BCUT2D eigenvalue weighted by atomic mass is 10.1. The van der Waals surface area contributed by atoms with E-state index in [1.165, 1.54) is 5.56 Å². The summed E-state index contributed by atoms with van der Waals surface area (Å²) in [7, 11) is 0. The molecule has 0 spiro atoms. The van der Waals surface area contributed by atoms with Gasteiger partial charge in [0.15, 0.2) is 0 Å². The minimum absolute atomic E-state index is 0.249. The highest BCUT2D eigenvalue weighted by atomic mass is 79.9. The molecule has 2 rings (SSSR count). The fourth-order valence-electron chi connectivity index (χ4n) is 1.95. The largest absolute Gasteiger partial charge is 0.312 e. The van der Waals surface area contributed by atoms with Crippen LogP contribution in [0.4, 0.5) is 5.69 Å². The Morgan fingerprint density at radius 2 is 2.07 bits per heavy atom. The van der Waals surface area contributed by atoms with Crippen LogP contribution in [0.25, 0.3) is 0 Å². The van der Waals surface area contributed by atoms with Gasteiger partial charge in [-0.3, -0.25) is 4.79 Å². The fourth-order valence-corrected chi connectivity index (χ4v) is 2.55. The van der Waals surface area contributed by atoms with Crippen molar-refractivity contribution in [2.45, 2.75) is 26.2 Å². The van der Waals surface area contributed by atoms with Gasteiger partial charge < -0.3 is 4.90 Å². The molecule has 3 heteroatoms. The van der Waals surface area contributed by atoms with E-state index in [2.05, 4.69) is 28.1 Å². The molecule has 1 fully saturated rings. The Bertz CT molecular complexity index is 369. The molecule has 0 radical (unpaired) electrons. The third kappa shape index (κ3) is 2.40. The first-order valence-electron chi connectivity index (χ1n) is 5.24. The second kappa shape index (κ2) is 4.35. The average Bonchev–Trinajstić information content (AvgIpc) is 2.16. The number of nitrogens with zero attached hydrogens (tertiary/aromatic N) is 1. The van der Waals surface area contributed by atoms with Crippen molar-refractivity contribution < 1.29 is 4.79 Å². The second-order valence-electron chi connectivity index (χ2n) is 3.99. The number of carbonyl (C=O) groups excluding carboxylic acids is 1. The van der Waals surface area contributed by atoms with Crippen molar-refractivity contribution in [3.63, 3.8) is 0 Å². The number of hydrogen-bond acceptors (Lipinski definition) is 1. The number of carbonyl (C=O) groups is 1. The molecule has 1 aromatic carbocycles. The molecule has 1 aliphatic heterocycles. The number of hydrogen-bond donors (Lipinski definition) is 0. The molecule has 80 valence electrons. The maximum absolute atomic E-state index is 11.7. The van der Waals surface area contributed by atoms with Gasteiger partial charge in [-0.2, -0.15) is 0 Å². The molecule has 0 atom stereocenters. The summed E-state index contributed by atoms with van der Waals surface area (Å²) in [6, 6.07) is 6.13. The maximum atomic E-state index is 11.7. The number of anilines is 1. The standard InChI is InChI=1S/C12H14BrNO/c1-9-6-10(13)8-11(7-9)14-5-3-2-4-12(14)15/h6-8H,2-5H2,1H3. The lowest BCUT2D eigenvalue weighted by molar-refractivity contribution is -0.119. The topological polar surface area (TPSA) is 20.3 Å². The Balaban J connectivity index is 2.31. The van der Waals surface area contributed by atoms with Crippen LogP contribution in [-0.2, 0) is 4.79 Å². The lowest BCUT2D eigenvalue weighted by Crippen LogP contribution is -2.35. The summed E-state index contributed by atoms with van der Waals surface area (Å²) in [4.78, 5) is 13.6.